The number of unbranched alkanes of at least 4 members (excludes halogenated alkanes) is 1. The number of nitrogens with one attached hydrogen (secondary N) is 1. The smallest absolute Gasteiger partial charge is 0.193 e. The Hall–Kier alpha value is -1.18. The molecule has 0 aromatic heterocycles. The monoisotopic (exact) mass is 447 g/mol. The van der Waals surface area contributed by atoms with Crippen molar-refractivity contribution in [1.82, 2.24) is 10.2 Å². The van der Waals surface area contributed by atoms with E-state index in [1.165, 1.54) is 12.0 Å². The summed E-state index contributed by atoms with van der Waals surface area (Å²) in [5.41, 5.74) is 2.31. The van der Waals surface area contributed by atoms with Gasteiger partial charge in [0, 0.05) is 44.7 Å². The Morgan fingerprint density at radius 1 is 1.46 bits per heavy atom. The van der Waals surface area contributed by atoms with Crippen LogP contribution < -0.4 is 14.8 Å². The van der Waals surface area contributed by atoms with E-state index in [0.29, 0.717) is 6.54 Å². The lowest BCUT2D eigenvalue weighted by molar-refractivity contribution is 0.254. The van der Waals surface area contributed by atoms with Crippen LogP contribution in [0.5, 0.6) is 11.5 Å². The Bertz CT molecular complexity index is 563. The maximum absolute atomic E-state index is 5.86. The van der Waals surface area contributed by atoms with Gasteiger partial charge in [-0.1, -0.05) is 13.3 Å². The molecular formula is C18H30IN3O2. The zero-order valence-corrected chi connectivity index (χ0v) is 17.7. The zero-order chi connectivity index (χ0) is 16.8. The number of nitrogens with zero attached hydrogens (tertiary/aromatic N) is 2. The van der Waals surface area contributed by atoms with Gasteiger partial charge < -0.3 is 19.7 Å². The van der Waals surface area contributed by atoms with Gasteiger partial charge in [0.15, 0.2) is 5.96 Å². The molecule has 0 radical (unpaired) electrons. The summed E-state index contributed by atoms with van der Waals surface area (Å²) in [4.78, 5) is 6.51. The molecule has 136 valence electrons. The molecule has 1 aromatic rings. The van der Waals surface area contributed by atoms with E-state index in [-0.39, 0.29) is 30.1 Å². The third-order valence-electron chi connectivity index (χ3n) is 4.16. The van der Waals surface area contributed by atoms with Gasteiger partial charge in [-0.05, 0) is 25.5 Å². The quantitative estimate of drug-likeness (QED) is 0.413. The summed E-state index contributed by atoms with van der Waals surface area (Å²) in [6, 6.07) is 4.18. The fourth-order valence-electron chi connectivity index (χ4n) is 2.87. The van der Waals surface area contributed by atoms with Crippen LogP contribution in [-0.2, 0) is 13.0 Å². The number of aliphatic imine (C=N–C) groups is 1. The first-order valence-corrected chi connectivity index (χ1v) is 8.37. The Balaban J connectivity index is 0.00000288. The Morgan fingerprint density at radius 2 is 2.21 bits per heavy atom. The van der Waals surface area contributed by atoms with Gasteiger partial charge in [0.25, 0.3) is 0 Å². The molecule has 0 bridgehead atoms. The van der Waals surface area contributed by atoms with Crippen molar-refractivity contribution >= 4 is 29.9 Å². The lowest BCUT2D eigenvalue weighted by Crippen LogP contribution is -2.39. The van der Waals surface area contributed by atoms with Crippen LogP contribution in [0, 0.1) is 0 Å². The molecule has 24 heavy (non-hydrogen) atoms. The SMILES string of the molecule is CCCCN(C)C(=NC)NCc1cc2c(cc1OC)CC(C)O2.I. The number of fused-ring (bicyclic) bond motifs is 1. The molecule has 1 unspecified atom stereocenters. The van der Waals surface area contributed by atoms with Crippen molar-refractivity contribution in [2.75, 3.05) is 27.7 Å². The van der Waals surface area contributed by atoms with Gasteiger partial charge in [-0.2, -0.15) is 0 Å². The number of hydrogen-bond donors (Lipinski definition) is 1. The maximum atomic E-state index is 5.86. The molecule has 6 heteroatoms. The highest BCUT2D eigenvalue weighted by atomic mass is 127. The molecular weight excluding hydrogens is 417 g/mol. The number of benzene rings is 1. The standard InChI is InChI=1S/C18H29N3O2.HI/c1-6-7-8-21(4)18(19-3)20-12-15-11-17-14(9-13(2)23-17)10-16(15)22-5;/h10-11,13H,6-9,12H2,1-5H3,(H,19,20);1H. The molecule has 0 saturated heterocycles. The van der Waals surface area contributed by atoms with E-state index in [2.05, 4.69) is 48.2 Å². The van der Waals surface area contributed by atoms with Gasteiger partial charge in [0.2, 0.25) is 0 Å². The fraction of sp³-hybridized carbons (Fsp3) is 0.611. The van der Waals surface area contributed by atoms with Gasteiger partial charge in [-0.3, -0.25) is 4.99 Å². The number of rotatable bonds is 6. The minimum atomic E-state index is 0. The van der Waals surface area contributed by atoms with Crippen LogP contribution >= 0.6 is 24.0 Å². The van der Waals surface area contributed by atoms with Gasteiger partial charge in [0.1, 0.15) is 17.6 Å². The summed E-state index contributed by atoms with van der Waals surface area (Å²) in [5, 5.41) is 3.41. The summed E-state index contributed by atoms with van der Waals surface area (Å²) in [5.74, 6) is 2.78. The Labute approximate surface area is 162 Å². The van der Waals surface area contributed by atoms with E-state index in [4.69, 9.17) is 9.47 Å². The number of guanidine groups is 1. The summed E-state index contributed by atoms with van der Waals surface area (Å²) >= 11 is 0. The Kier molecular flexibility index (Phi) is 8.66. The van der Waals surface area contributed by atoms with Crippen LogP contribution in [0.15, 0.2) is 17.1 Å². The predicted molar refractivity (Wildman–Crippen MR) is 110 cm³/mol. The molecule has 1 atom stereocenters. The van der Waals surface area contributed by atoms with E-state index < -0.39 is 0 Å². The Morgan fingerprint density at radius 3 is 2.83 bits per heavy atom. The predicted octanol–water partition coefficient (Wildman–Crippen LogP) is 3.44. The van der Waals surface area contributed by atoms with E-state index >= 15 is 0 Å². The van der Waals surface area contributed by atoms with Crippen LogP contribution in [0.2, 0.25) is 0 Å². The van der Waals surface area contributed by atoms with Gasteiger partial charge >= 0.3 is 0 Å². The van der Waals surface area contributed by atoms with Crippen molar-refractivity contribution < 1.29 is 9.47 Å². The average molecular weight is 447 g/mol. The molecule has 2 rings (SSSR count). The first-order valence-electron chi connectivity index (χ1n) is 8.37. The lowest BCUT2D eigenvalue weighted by Gasteiger charge is -2.22. The highest BCUT2D eigenvalue weighted by molar-refractivity contribution is 14.0. The molecule has 1 N–H and O–H groups in total. The van der Waals surface area contributed by atoms with E-state index in [9.17, 15) is 0 Å². The van der Waals surface area contributed by atoms with Crippen LogP contribution in [0.1, 0.15) is 37.8 Å². The zero-order valence-electron chi connectivity index (χ0n) is 15.4. The molecule has 0 aliphatic carbocycles. The summed E-state index contributed by atoms with van der Waals surface area (Å²) in [6.07, 6.45) is 3.52. The molecule has 1 aliphatic heterocycles. The molecule has 0 saturated carbocycles. The van der Waals surface area contributed by atoms with Crippen molar-refractivity contribution in [3.05, 3.63) is 23.3 Å². The first kappa shape index (κ1) is 20.9. The van der Waals surface area contributed by atoms with Crippen molar-refractivity contribution in [2.45, 2.75) is 45.8 Å². The normalized spacial score (nSPS) is 16.0. The summed E-state index contributed by atoms with van der Waals surface area (Å²) in [6.45, 7) is 5.95. The second-order valence-corrected chi connectivity index (χ2v) is 6.08. The molecule has 0 fully saturated rings. The molecule has 0 spiro atoms. The van der Waals surface area contributed by atoms with Gasteiger partial charge in [-0.25, -0.2) is 0 Å². The minimum Gasteiger partial charge on any atom is -0.496 e. The molecule has 1 aromatic carbocycles. The number of methoxy groups -OCH3 is 1. The second-order valence-electron chi connectivity index (χ2n) is 6.08. The summed E-state index contributed by atoms with van der Waals surface area (Å²) in [7, 11) is 5.60. The van der Waals surface area contributed by atoms with Crippen LogP contribution in [0.3, 0.4) is 0 Å². The fourth-order valence-corrected chi connectivity index (χ4v) is 2.87. The highest BCUT2D eigenvalue weighted by Crippen LogP contribution is 2.34. The second kappa shape index (κ2) is 9.96. The number of hydrogen-bond acceptors (Lipinski definition) is 3. The third kappa shape index (κ3) is 5.16. The molecule has 0 amide bonds. The lowest BCUT2D eigenvalue weighted by atomic mass is 10.1. The van der Waals surface area contributed by atoms with Crippen molar-refractivity contribution in [2.24, 2.45) is 4.99 Å². The topological polar surface area (TPSA) is 46.1 Å². The number of halogens is 1. The average Bonchev–Trinajstić information content (AvgIpc) is 2.91. The van der Waals surface area contributed by atoms with Crippen molar-refractivity contribution in [3.8, 4) is 11.5 Å². The van der Waals surface area contributed by atoms with Gasteiger partial charge in [0.05, 0.1) is 7.11 Å². The largest absolute Gasteiger partial charge is 0.496 e. The van der Waals surface area contributed by atoms with Gasteiger partial charge in [-0.15, -0.1) is 24.0 Å². The molecule has 5 nitrogen and oxygen atoms in total. The first-order chi connectivity index (χ1) is 11.1. The van der Waals surface area contributed by atoms with Crippen LogP contribution in [0.25, 0.3) is 0 Å². The maximum Gasteiger partial charge on any atom is 0.193 e. The highest BCUT2D eigenvalue weighted by Gasteiger charge is 2.21. The number of ether oxygens (including phenoxy) is 2. The van der Waals surface area contributed by atoms with Crippen molar-refractivity contribution in [1.29, 1.82) is 0 Å². The molecule has 1 heterocycles. The van der Waals surface area contributed by atoms with Crippen molar-refractivity contribution in [3.63, 3.8) is 0 Å². The van der Waals surface area contributed by atoms with E-state index in [1.54, 1.807) is 7.11 Å². The summed E-state index contributed by atoms with van der Waals surface area (Å²) < 4.78 is 11.4. The van der Waals surface area contributed by atoms with E-state index in [0.717, 1.165) is 42.4 Å². The van der Waals surface area contributed by atoms with Crippen LogP contribution in [0.4, 0.5) is 0 Å². The third-order valence-corrected chi connectivity index (χ3v) is 4.16. The van der Waals surface area contributed by atoms with Crippen LogP contribution in [-0.4, -0.2) is 44.7 Å². The molecule has 1 aliphatic rings. The minimum absolute atomic E-state index is 0. The van der Waals surface area contributed by atoms with E-state index in [1.807, 2.05) is 7.05 Å².